The van der Waals surface area contributed by atoms with Crippen molar-refractivity contribution in [1.29, 1.82) is 0 Å². The van der Waals surface area contributed by atoms with Crippen molar-refractivity contribution in [1.82, 2.24) is 10.2 Å². The van der Waals surface area contributed by atoms with Crippen LogP contribution in [0.1, 0.15) is 18.5 Å². The van der Waals surface area contributed by atoms with Crippen molar-refractivity contribution in [2.24, 2.45) is 0 Å². The fraction of sp³-hybridized carbons (Fsp3) is 0.350. The number of carbonyl (C=O) groups is 1. The van der Waals surface area contributed by atoms with Crippen LogP contribution in [0.25, 0.3) is 0 Å². The largest absolute Gasteiger partial charge is 0.369 e. The van der Waals surface area contributed by atoms with E-state index in [2.05, 4.69) is 21.2 Å². The van der Waals surface area contributed by atoms with Crippen LogP contribution in [0.4, 0.5) is 5.69 Å². The number of nitrogens with one attached hydrogen (secondary N) is 1. The minimum atomic E-state index is 0.0291. The van der Waals surface area contributed by atoms with E-state index in [-0.39, 0.29) is 11.9 Å². The second-order valence-electron chi connectivity index (χ2n) is 6.44. The normalized spacial score (nSPS) is 16.5. The van der Waals surface area contributed by atoms with E-state index in [1.54, 1.807) is 0 Å². The number of amides is 1. The summed E-state index contributed by atoms with van der Waals surface area (Å²) in [7, 11) is 0. The summed E-state index contributed by atoms with van der Waals surface area (Å²) in [5, 5.41) is 3.84. The van der Waals surface area contributed by atoms with Crippen molar-refractivity contribution in [3.63, 3.8) is 0 Å². The SMILES string of the molecule is C[C@H](NC(=O)CN1CCN(c2cccc(Cl)c2)CC1)c1ccccc1. The van der Waals surface area contributed by atoms with Crippen LogP contribution in [0.5, 0.6) is 0 Å². The van der Waals surface area contributed by atoms with Gasteiger partial charge in [0.05, 0.1) is 12.6 Å². The van der Waals surface area contributed by atoms with Gasteiger partial charge in [-0.1, -0.05) is 48.0 Å². The highest BCUT2D eigenvalue weighted by atomic mass is 35.5. The maximum Gasteiger partial charge on any atom is 0.234 e. The number of nitrogens with zero attached hydrogens (tertiary/aromatic N) is 2. The first-order chi connectivity index (χ1) is 12.1. The first kappa shape index (κ1) is 17.8. The first-order valence-corrected chi connectivity index (χ1v) is 9.07. The lowest BCUT2D eigenvalue weighted by molar-refractivity contribution is -0.123. The van der Waals surface area contributed by atoms with Crippen LogP contribution in [-0.2, 0) is 4.79 Å². The van der Waals surface area contributed by atoms with Crippen molar-refractivity contribution in [3.8, 4) is 0 Å². The highest BCUT2D eigenvalue weighted by Gasteiger charge is 2.20. The molecule has 25 heavy (non-hydrogen) atoms. The van der Waals surface area contributed by atoms with E-state index in [0.717, 1.165) is 42.5 Å². The molecule has 1 heterocycles. The summed E-state index contributed by atoms with van der Waals surface area (Å²) in [6, 6.07) is 18.0. The maximum absolute atomic E-state index is 12.3. The molecule has 0 spiro atoms. The Kier molecular flexibility index (Phi) is 5.95. The highest BCUT2D eigenvalue weighted by molar-refractivity contribution is 6.30. The molecule has 3 rings (SSSR count). The molecule has 0 saturated carbocycles. The van der Waals surface area contributed by atoms with Crippen LogP contribution >= 0.6 is 11.6 Å². The molecule has 1 N–H and O–H groups in total. The monoisotopic (exact) mass is 357 g/mol. The number of piperazine rings is 1. The molecule has 132 valence electrons. The Morgan fingerprint density at radius 3 is 2.48 bits per heavy atom. The lowest BCUT2D eigenvalue weighted by Crippen LogP contribution is -2.49. The third-order valence-electron chi connectivity index (χ3n) is 4.59. The molecule has 1 saturated heterocycles. The van der Waals surface area contributed by atoms with Gasteiger partial charge in [0, 0.05) is 36.9 Å². The zero-order valence-electron chi connectivity index (χ0n) is 14.5. The molecule has 5 heteroatoms. The molecular weight excluding hydrogens is 334 g/mol. The van der Waals surface area contributed by atoms with Crippen molar-refractivity contribution in [2.45, 2.75) is 13.0 Å². The summed E-state index contributed by atoms with van der Waals surface area (Å²) in [5.41, 5.74) is 2.27. The zero-order chi connectivity index (χ0) is 17.6. The zero-order valence-corrected chi connectivity index (χ0v) is 15.2. The Hall–Kier alpha value is -2.04. The van der Waals surface area contributed by atoms with Crippen LogP contribution in [0.3, 0.4) is 0 Å². The van der Waals surface area contributed by atoms with Crippen LogP contribution in [0.15, 0.2) is 54.6 Å². The lowest BCUT2D eigenvalue weighted by atomic mass is 10.1. The van der Waals surface area contributed by atoms with Crippen molar-refractivity contribution >= 4 is 23.2 Å². The average molecular weight is 358 g/mol. The number of anilines is 1. The van der Waals surface area contributed by atoms with Gasteiger partial charge < -0.3 is 10.2 Å². The number of hydrogen-bond acceptors (Lipinski definition) is 3. The topological polar surface area (TPSA) is 35.6 Å². The number of rotatable bonds is 5. The molecule has 1 aliphatic heterocycles. The Morgan fingerprint density at radius 1 is 1.08 bits per heavy atom. The van der Waals surface area contributed by atoms with E-state index in [0.29, 0.717) is 6.54 Å². The highest BCUT2D eigenvalue weighted by Crippen LogP contribution is 2.20. The van der Waals surface area contributed by atoms with E-state index in [4.69, 9.17) is 11.6 Å². The third-order valence-corrected chi connectivity index (χ3v) is 4.83. The summed E-state index contributed by atoms with van der Waals surface area (Å²) >= 11 is 6.07. The van der Waals surface area contributed by atoms with E-state index < -0.39 is 0 Å². The number of halogens is 1. The number of hydrogen-bond donors (Lipinski definition) is 1. The molecule has 0 aliphatic carbocycles. The summed E-state index contributed by atoms with van der Waals surface area (Å²) < 4.78 is 0. The second kappa shape index (κ2) is 8.37. The van der Waals surface area contributed by atoms with Gasteiger partial charge >= 0.3 is 0 Å². The molecule has 2 aromatic carbocycles. The summed E-state index contributed by atoms with van der Waals surface area (Å²) in [6.45, 7) is 6.02. The van der Waals surface area contributed by atoms with Crippen molar-refractivity contribution in [3.05, 3.63) is 65.2 Å². The fourth-order valence-corrected chi connectivity index (χ4v) is 3.34. The molecule has 1 amide bonds. The fourth-order valence-electron chi connectivity index (χ4n) is 3.15. The Bertz CT molecular complexity index is 699. The lowest BCUT2D eigenvalue weighted by Gasteiger charge is -2.36. The van der Waals surface area contributed by atoms with Crippen molar-refractivity contribution in [2.75, 3.05) is 37.6 Å². The van der Waals surface area contributed by atoms with Gasteiger partial charge in [0.1, 0.15) is 0 Å². The first-order valence-electron chi connectivity index (χ1n) is 8.69. The summed E-state index contributed by atoms with van der Waals surface area (Å²) in [4.78, 5) is 16.8. The number of carbonyl (C=O) groups excluding carboxylic acids is 1. The van der Waals surface area contributed by atoms with Gasteiger partial charge in [-0.15, -0.1) is 0 Å². The molecule has 0 aromatic heterocycles. The maximum atomic E-state index is 12.3. The van der Waals surface area contributed by atoms with Crippen LogP contribution in [0.2, 0.25) is 5.02 Å². The van der Waals surface area contributed by atoms with Crippen LogP contribution < -0.4 is 10.2 Å². The third kappa shape index (κ3) is 4.97. The smallest absolute Gasteiger partial charge is 0.234 e. The molecule has 0 radical (unpaired) electrons. The standard InChI is InChI=1S/C20H24ClN3O/c1-16(17-6-3-2-4-7-17)22-20(25)15-23-10-12-24(13-11-23)19-9-5-8-18(21)14-19/h2-9,14,16H,10-13,15H2,1H3,(H,22,25)/t16-/m0/s1. The second-order valence-corrected chi connectivity index (χ2v) is 6.88. The van der Waals surface area contributed by atoms with Gasteiger partial charge in [-0.05, 0) is 30.7 Å². The molecule has 1 fully saturated rings. The molecule has 1 atom stereocenters. The van der Waals surface area contributed by atoms with Crippen molar-refractivity contribution < 1.29 is 4.79 Å². The van der Waals surface area contributed by atoms with E-state index in [1.807, 2.05) is 55.5 Å². The van der Waals surface area contributed by atoms with Crippen LogP contribution in [-0.4, -0.2) is 43.5 Å². The molecule has 2 aromatic rings. The Labute approximate surface area is 154 Å². The Balaban J connectivity index is 1.46. The average Bonchev–Trinajstić information content (AvgIpc) is 2.63. The minimum absolute atomic E-state index is 0.0291. The van der Waals surface area contributed by atoms with Gasteiger partial charge in [0.15, 0.2) is 0 Å². The minimum Gasteiger partial charge on any atom is -0.369 e. The van der Waals surface area contributed by atoms with E-state index in [9.17, 15) is 4.79 Å². The van der Waals surface area contributed by atoms with Gasteiger partial charge in [-0.25, -0.2) is 0 Å². The van der Waals surface area contributed by atoms with Gasteiger partial charge in [0.25, 0.3) is 0 Å². The quantitative estimate of drug-likeness (QED) is 0.891. The van der Waals surface area contributed by atoms with Crippen LogP contribution in [0, 0.1) is 0 Å². The summed E-state index contributed by atoms with van der Waals surface area (Å²) in [6.07, 6.45) is 0. The molecule has 0 unspecified atom stereocenters. The Morgan fingerprint density at radius 2 is 1.80 bits per heavy atom. The molecule has 4 nitrogen and oxygen atoms in total. The molecule has 0 bridgehead atoms. The van der Waals surface area contributed by atoms with Gasteiger partial charge in [-0.2, -0.15) is 0 Å². The van der Waals surface area contributed by atoms with Gasteiger partial charge in [0.2, 0.25) is 5.91 Å². The predicted octanol–water partition coefficient (Wildman–Crippen LogP) is 3.34. The predicted molar refractivity (Wildman–Crippen MR) is 103 cm³/mol. The molecular formula is C20H24ClN3O. The van der Waals surface area contributed by atoms with E-state index in [1.165, 1.54) is 0 Å². The number of benzene rings is 2. The molecule has 1 aliphatic rings. The van der Waals surface area contributed by atoms with E-state index >= 15 is 0 Å². The van der Waals surface area contributed by atoms with Gasteiger partial charge in [-0.3, -0.25) is 9.69 Å². The summed E-state index contributed by atoms with van der Waals surface area (Å²) in [5.74, 6) is 0.0764.